The number of benzene rings is 4. The van der Waals surface area contributed by atoms with Gasteiger partial charge in [-0.3, -0.25) is 0 Å². The Bertz CT molecular complexity index is 2010. The molecule has 0 radical (unpaired) electrons. The molecule has 228 valence electrons. The molecular formula is C37H33BN4O2Pt-2. The van der Waals surface area contributed by atoms with Gasteiger partial charge in [0, 0.05) is 44.5 Å². The Morgan fingerprint density at radius 1 is 0.867 bits per heavy atom. The minimum Gasteiger partial charge on any atom is -0.599 e. The number of para-hydroxylation sites is 2. The van der Waals surface area contributed by atoms with Crippen molar-refractivity contribution in [3.63, 3.8) is 0 Å². The van der Waals surface area contributed by atoms with Gasteiger partial charge in [0.05, 0.1) is 18.1 Å². The summed E-state index contributed by atoms with van der Waals surface area (Å²) in [7, 11) is 1.60. The topological polar surface area (TPSA) is 43.4 Å². The van der Waals surface area contributed by atoms with Crippen molar-refractivity contribution in [2.45, 2.75) is 40.0 Å². The zero-order chi connectivity index (χ0) is 30.6. The first-order chi connectivity index (χ1) is 21.2. The first-order valence-corrected chi connectivity index (χ1v) is 14.8. The number of ether oxygens (including phenoxy) is 1. The quantitative estimate of drug-likeness (QED) is 0.109. The van der Waals surface area contributed by atoms with Gasteiger partial charge in [0.15, 0.2) is 0 Å². The SMILES string of the molecule is Cc1cccc(C)c1B1Oc2ccc(Oc3[c-]c(-n4[c-][n+](C)c5ccccc54)ccc3)[c-]c2N1c1cc(C(C)(C)C)ccn1.[Pt]. The molecule has 0 saturated carbocycles. The number of aryl methyl sites for hydroxylation is 3. The van der Waals surface area contributed by atoms with Crippen LogP contribution in [0.2, 0.25) is 0 Å². The van der Waals surface area contributed by atoms with Crippen molar-refractivity contribution >= 4 is 35.1 Å². The van der Waals surface area contributed by atoms with E-state index in [0.29, 0.717) is 11.5 Å². The predicted octanol–water partition coefficient (Wildman–Crippen LogP) is 6.88. The van der Waals surface area contributed by atoms with Crippen LogP contribution >= 0.6 is 0 Å². The van der Waals surface area contributed by atoms with Crippen LogP contribution in [-0.2, 0) is 33.5 Å². The predicted molar refractivity (Wildman–Crippen MR) is 174 cm³/mol. The fourth-order valence-corrected chi connectivity index (χ4v) is 5.85. The molecule has 0 spiro atoms. The molecule has 0 saturated heterocycles. The van der Waals surface area contributed by atoms with Crippen LogP contribution in [0.15, 0.2) is 91.1 Å². The second kappa shape index (κ2) is 11.9. The van der Waals surface area contributed by atoms with Crippen LogP contribution in [0, 0.1) is 32.3 Å². The normalized spacial score (nSPS) is 12.6. The first kappa shape index (κ1) is 30.7. The molecule has 0 atom stereocenters. The van der Waals surface area contributed by atoms with Crippen LogP contribution in [0.4, 0.5) is 11.5 Å². The molecule has 6 aromatic rings. The fraction of sp³-hybridized carbons (Fsp3) is 0.189. The molecule has 0 N–H and O–H groups in total. The molecule has 0 unspecified atom stereocenters. The van der Waals surface area contributed by atoms with Crippen LogP contribution in [0.25, 0.3) is 16.7 Å². The second-order valence-electron chi connectivity index (χ2n) is 12.3. The number of hydrogen-bond donors (Lipinski definition) is 0. The minimum atomic E-state index is -0.395. The molecule has 3 heterocycles. The molecule has 8 heteroatoms. The van der Waals surface area contributed by atoms with Crippen molar-refractivity contribution in [1.82, 2.24) is 9.55 Å². The number of fused-ring (bicyclic) bond motifs is 2. The van der Waals surface area contributed by atoms with Crippen molar-refractivity contribution in [2.75, 3.05) is 4.81 Å². The Labute approximate surface area is 279 Å². The average Bonchev–Trinajstić information content (AvgIpc) is 3.54. The summed E-state index contributed by atoms with van der Waals surface area (Å²) in [5, 5.41) is 0. The van der Waals surface area contributed by atoms with E-state index in [4.69, 9.17) is 14.4 Å². The Morgan fingerprint density at radius 3 is 2.38 bits per heavy atom. The molecule has 1 aliphatic rings. The van der Waals surface area contributed by atoms with E-state index in [2.05, 4.69) is 100 Å². The monoisotopic (exact) mass is 771 g/mol. The fourth-order valence-electron chi connectivity index (χ4n) is 5.85. The largest absolute Gasteiger partial charge is 0.599 e. The summed E-state index contributed by atoms with van der Waals surface area (Å²) in [6, 6.07) is 35.4. The molecule has 2 aromatic heterocycles. The molecule has 6 nitrogen and oxygen atoms in total. The summed E-state index contributed by atoms with van der Waals surface area (Å²) in [4.78, 5) is 6.96. The Balaban J connectivity index is 0.00000357. The van der Waals surface area contributed by atoms with Crippen LogP contribution in [-0.4, -0.2) is 16.6 Å². The first-order valence-electron chi connectivity index (χ1n) is 14.8. The standard InChI is InChI=1S/C37H33BN4O2.Pt/c1-25-11-9-12-26(2)36(25)38-42(35-21-27(19-20-39-35)37(3,4)5)33-23-30(17-18-34(33)44-38)43-29-14-10-13-28(22-29)41-24-40(6)31-15-7-8-16-32(31)41;/h7-21H,1-6H3;/q-2;. The van der Waals surface area contributed by atoms with Crippen LogP contribution in [0.1, 0.15) is 37.5 Å². The third-order valence-electron chi connectivity index (χ3n) is 8.17. The minimum absolute atomic E-state index is 0. The number of anilines is 2. The van der Waals surface area contributed by atoms with E-state index in [0.717, 1.165) is 50.6 Å². The molecule has 0 aliphatic carbocycles. The summed E-state index contributed by atoms with van der Waals surface area (Å²) in [6.45, 7) is 10.9. The maximum Gasteiger partial charge on any atom is 0.511 e. The van der Waals surface area contributed by atoms with Crippen molar-refractivity contribution in [3.05, 3.63) is 126 Å². The molecule has 45 heavy (non-hydrogen) atoms. The number of imidazole rings is 1. The van der Waals surface area contributed by atoms with Crippen LogP contribution in [0.3, 0.4) is 0 Å². The molecule has 0 amide bonds. The van der Waals surface area contributed by atoms with E-state index in [1.54, 1.807) is 0 Å². The molecule has 0 bridgehead atoms. The van der Waals surface area contributed by atoms with Gasteiger partial charge in [-0.2, -0.15) is 12.1 Å². The van der Waals surface area contributed by atoms with Gasteiger partial charge >= 0.3 is 7.05 Å². The number of pyridine rings is 1. The van der Waals surface area contributed by atoms with Gasteiger partial charge in [0.25, 0.3) is 0 Å². The molecule has 0 fully saturated rings. The van der Waals surface area contributed by atoms with Crippen LogP contribution in [0.5, 0.6) is 17.2 Å². The van der Waals surface area contributed by atoms with Crippen molar-refractivity contribution in [2.24, 2.45) is 7.05 Å². The van der Waals surface area contributed by atoms with Crippen molar-refractivity contribution < 1.29 is 35.0 Å². The van der Waals surface area contributed by atoms with Crippen molar-refractivity contribution in [3.8, 4) is 22.9 Å². The summed E-state index contributed by atoms with van der Waals surface area (Å²) in [5.41, 5.74) is 8.33. The summed E-state index contributed by atoms with van der Waals surface area (Å²) < 4.78 is 17.0. The number of aromatic nitrogens is 3. The Hall–Kier alpha value is -4.35. The van der Waals surface area contributed by atoms with Gasteiger partial charge in [0.1, 0.15) is 5.82 Å². The van der Waals surface area contributed by atoms with Gasteiger partial charge in [-0.05, 0) is 48.1 Å². The van der Waals surface area contributed by atoms with Crippen molar-refractivity contribution in [1.29, 1.82) is 0 Å². The number of nitrogens with zero attached hydrogens (tertiary/aromatic N) is 4. The van der Waals surface area contributed by atoms with E-state index in [1.807, 2.05) is 64.8 Å². The summed E-state index contributed by atoms with van der Waals surface area (Å²) >= 11 is 0. The smallest absolute Gasteiger partial charge is 0.511 e. The molecule has 7 rings (SSSR count). The van der Waals surface area contributed by atoms with Gasteiger partial charge < -0.3 is 23.3 Å². The third-order valence-corrected chi connectivity index (χ3v) is 8.17. The zero-order valence-electron chi connectivity index (χ0n) is 26.2. The van der Waals surface area contributed by atoms with Gasteiger partial charge in [-0.25, -0.2) is 4.98 Å². The van der Waals surface area contributed by atoms with Crippen LogP contribution < -0.4 is 24.2 Å². The number of rotatable bonds is 5. The third kappa shape index (κ3) is 5.66. The zero-order valence-corrected chi connectivity index (χ0v) is 28.4. The van der Waals surface area contributed by atoms with Gasteiger partial charge in [-0.15, -0.1) is 30.3 Å². The van der Waals surface area contributed by atoms with Gasteiger partial charge in [0.2, 0.25) is 6.33 Å². The molecular weight excluding hydrogens is 738 g/mol. The van der Waals surface area contributed by atoms with E-state index < -0.39 is 7.05 Å². The Morgan fingerprint density at radius 2 is 1.60 bits per heavy atom. The van der Waals surface area contributed by atoms with E-state index in [9.17, 15) is 0 Å². The average molecular weight is 772 g/mol. The maximum atomic E-state index is 6.65. The summed E-state index contributed by atoms with van der Waals surface area (Å²) in [5.74, 6) is 2.67. The van der Waals surface area contributed by atoms with E-state index >= 15 is 0 Å². The second-order valence-corrected chi connectivity index (χ2v) is 12.3. The Kier molecular flexibility index (Phi) is 8.09. The maximum absolute atomic E-state index is 6.65. The van der Waals surface area contributed by atoms with Gasteiger partial charge in [-0.1, -0.05) is 80.1 Å². The number of hydrogen-bond acceptors (Lipinski definition) is 4. The van der Waals surface area contributed by atoms with E-state index in [-0.39, 0.29) is 26.5 Å². The van der Waals surface area contributed by atoms with E-state index in [1.165, 1.54) is 5.56 Å². The molecule has 4 aromatic carbocycles. The summed E-state index contributed by atoms with van der Waals surface area (Å²) in [6.07, 6.45) is 5.24. The molecule has 1 aliphatic heterocycles.